The second-order valence-corrected chi connectivity index (χ2v) is 10.9. The van der Waals surface area contributed by atoms with E-state index in [1.807, 2.05) is 18.2 Å². The Morgan fingerprint density at radius 2 is 1.76 bits per heavy atom. The molecule has 0 spiro atoms. The van der Waals surface area contributed by atoms with E-state index in [2.05, 4.69) is 32.4 Å². The summed E-state index contributed by atoms with van der Waals surface area (Å²) in [4.78, 5) is 33.7. The van der Waals surface area contributed by atoms with Crippen molar-refractivity contribution in [3.8, 4) is 17.2 Å². The van der Waals surface area contributed by atoms with Gasteiger partial charge in [0.1, 0.15) is 16.8 Å². The fourth-order valence-corrected chi connectivity index (χ4v) is 5.73. The summed E-state index contributed by atoms with van der Waals surface area (Å²) < 4.78 is 29.0. The molecule has 1 aromatic heterocycles. The number of aromatic nitrogens is 1. The van der Waals surface area contributed by atoms with Gasteiger partial charge in [0.05, 0.1) is 24.3 Å². The van der Waals surface area contributed by atoms with Crippen molar-refractivity contribution < 1.29 is 18.7 Å². The number of likely N-dealkylation sites (N-methyl/N-ethyl adjacent to an activating group) is 1. The van der Waals surface area contributed by atoms with Crippen LogP contribution in [0.4, 0.5) is 10.1 Å². The van der Waals surface area contributed by atoms with Gasteiger partial charge in [-0.3, -0.25) is 14.5 Å². The molecule has 218 valence electrons. The van der Waals surface area contributed by atoms with Crippen LogP contribution in [0, 0.1) is 5.82 Å². The molecule has 3 aromatic rings. The van der Waals surface area contributed by atoms with Crippen LogP contribution < -0.4 is 20.8 Å². The number of carbonyl (C=O) groups excluding carboxylic acids is 1. The molecule has 0 unspecified atom stereocenters. The number of piperazine rings is 1. The highest BCUT2D eigenvalue weighted by Crippen LogP contribution is 2.44. The van der Waals surface area contributed by atoms with Crippen LogP contribution in [0.2, 0.25) is 0 Å². The fourth-order valence-electron chi connectivity index (χ4n) is 5.73. The third kappa shape index (κ3) is 5.80. The van der Waals surface area contributed by atoms with Gasteiger partial charge in [0.25, 0.3) is 5.91 Å². The van der Waals surface area contributed by atoms with E-state index in [0.717, 1.165) is 58.8 Å². The Morgan fingerprint density at radius 1 is 1.00 bits per heavy atom. The van der Waals surface area contributed by atoms with E-state index >= 15 is 4.39 Å². The van der Waals surface area contributed by atoms with E-state index in [1.165, 1.54) is 6.07 Å². The minimum atomic E-state index is -0.595. The Hall–Kier alpha value is -3.51. The van der Waals surface area contributed by atoms with Crippen molar-refractivity contribution in [1.29, 1.82) is 0 Å². The molecule has 11 heteroatoms. The molecule has 3 aliphatic rings. The predicted molar refractivity (Wildman–Crippen MR) is 156 cm³/mol. The maximum Gasteiger partial charge on any atom is 0.256 e. The zero-order chi connectivity index (χ0) is 28.3. The molecule has 0 atom stereocenters. The highest BCUT2D eigenvalue weighted by atomic mass is 19.1. The molecule has 1 amide bonds. The number of hydrogen-bond donors (Lipinski definition) is 2. The van der Waals surface area contributed by atoms with Crippen LogP contribution in [0.5, 0.6) is 11.5 Å². The van der Waals surface area contributed by atoms with Crippen molar-refractivity contribution >= 4 is 22.5 Å². The molecule has 4 heterocycles. The molecule has 3 aliphatic heterocycles. The standard InChI is InChI=1S/C30H37FN6O4/c1-34-11-13-35(14-12-34)9-4-7-33-30(39)22-20-37-24-5-2-3-6-25(24)41-29-26(23(31)19-21(27(29)37)28(22)38)32-8-10-36-15-17-40-18-16-36/h2-3,5-6,19-20,32H,4,7-18H2,1H3,(H,33,39). The van der Waals surface area contributed by atoms with Gasteiger partial charge in [0.2, 0.25) is 5.43 Å². The summed E-state index contributed by atoms with van der Waals surface area (Å²) in [6.45, 7) is 9.70. The smallest absolute Gasteiger partial charge is 0.256 e. The molecule has 2 fully saturated rings. The molecule has 2 aromatic carbocycles. The molecular formula is C30H37FN6O4. The Balaban J connectivity index is 1.26. The van der Waals surface area contributed by atoms with Crippen molar-refractivity contribution in [3.05, 3.63) is 58.1 Å². The first-order valence-electron chi connectivity index (χ1n) is 14.4. The van der Waals surface area contributed by atoms with Gasteiger partial charge in [-0.1, -0.05) is 12.1 Å². The zero-order valence-electron chi connectivity index (χ0n) is 23.5. The molecule has 2 saturated heterocycles. The van der Waals surface area contributed by atoms with Gasteiger partial charge in [-0.15, -0.1) is 0 Å². The molecule has 2 N–H and O–H groups in total. The van der Waals surface area contributed by atoms with Gasteiger partial charge in [0.15, 0.2) is 17.3 Å². The summed E-state index contributed by atoms with van der Waals surface area (Å²) in [6.07, 6.45) is 2.34. The average Bonchev–Trinajstić information content (AvgIpc) is 2.99. The minimum absolute atomic E-state index is 0.0211. The lowest BCUT2D eigenvalue weighted by atomic mass is 10.1. The number of benzene rings is 2. The Bertz CT molecular complexity index is 1480. The molecule has 6 rings (SSSR count). The Morgan fingerprint density at radius 3 is 2.56 bits per heavy atom. The minimum Gasteiger partial charge on any atom is -0.451 e. The van der Waals surface area contributed by atoms with Crippen molar-refractivity contribution in [2.75, 3.05) is 91.0 Å². The van der Waals surface area contributed by atoms with Crippen LogP contribution in [0.15, 0.2) is 41.3 Å². The maximum atomic E-state index is 15.6. The molecule has 0 saturated carbocycles. The first kappa shape index (κ1) is 27.6. The lowest BCUT2D eigenvalue weighted by Gasteiger charge is -2.32. The lowest BCUT2D eigenvalue weighted by Crippen LogP contribution is -2.45. The zero-order valence-corrected chi connectivity index (χ0v) is 23.5. The largest absolute Gasteiger partial charge is 0.451 e. The normalized spacial score (nSPS) is 17.7. The van der Waals surface area contributed by atoms with E-state index < -0.39 is 17.2 Å². The van der Waals surface area contributed by atoms with Gasteiger partial charge < -0.3 is 34.5 Å². The van der Waals surface area contributed by atoms with Crippen LogP contribution in [0.25, 0.3) is 16.6 Å². The van der Waals surface area contributed by atoms with Crippen molar-refractivity contribution in [2.24, 2.45) is 0 Å². The molecule has 0 bridgehead atoms. The summed E-state index contributed by atoms with van der Waals surface area (Å²) in [5.41, 5.74) is 0.785. The van der Waals surface area contributed by atoms with Crippen molar-refractivity contribution in [1.82, 2.24) is 24.6 Å². The number of anilines is 1. The highest BCUT2D eigenvalue weighted by Gasteiger charge is 2.28. The molecule has 0 radical (unpaired) electrons. The fraction of sp³-hybridized carbons (Fsp3) is 0.467. The van der Waals surface area contributed by atoms with Gasteiger partial charge in [-0.2, -0.15) is 0 Å². The number of fused-ring (bicyclic) bond motifs is 2. The lowest BCUT2D eigenvalue weighted by molar-refractivity contribution is 0.0398. The second kappa shape index (κ2) is 12.2. The van der Waals surface area contributed by atoms with E-state index in [0.29, 0.717) is 43.3 Å². The number of amides is 1. The summed E-state index contributed by atoms with van der Waals surface area (Å²) in [5, 5.41) is 6.21. The molecule has 10 nitrogen and oxygen atoms in total. The topological polar surface area (TPSA) is 91.3 Å². The first-order chi connectivity index (χ1) is 20.0. The summed E-state index contributed by atoms with van der Waals surface area (Å²) in [5.74, 6) is -0.290. The third-order valence-corrected chi connectivity index (χ3v) is 8.14. The van der Waals surface area contributed by atoms with Gasteiger partial charge in [0, 0.05) is 65.1 Å². The summed E-state index contributed by atoms with van der Waals surface area (Å²) in [7, 11) is 2.12. The van der Waals surface area contributed by atoms with Crippen LogP contribution >= 0.6 is 0 Å². The number of ether oxygens (including phenoxy) is 2. The number of carbonyl (C=O) groups is 1. The molecule has 41 heavy (non-hydrogen) atoms. The maximum absolute atomic E-state index is 15.6. The third-order valence-electron chi connectivity index (χ3n) is 8.14. The van der Waals surface area contributed by atoms with Gasteiger partial charge in [-0.25, -0.2) is 4.39 Å². The predicted octanol–water partition coefficient (Wildman–Crippen LogP) is 2.35. The molecule has 0 aliphatic carbocycles. The second-order valence-electron chi connectivity index (χ2n) is 10.9. The van der Waals surface area contributed by atoms with E-state index in [-0.39, 0.29) is 22.4 Å². The SMILES string of the molecule is CN1CCN(CCCNC(=O)c2cn3c4c(c(NCCN5CCOCC5)c(F)cc4c2=O)Oc2ccccc2-3)CC1. The van der Waals surface area contributed by atoms with E-state index in [4.69, 9.17) is 9.47 Å². The summed E-state index contributed by atoms with van der Waals surface area (Å²) in [6, 6.07) is 8.57. The Kier molecular flexibility index (Phi) is 8.20. The van der Waals surface area contributed by atoms with Crippen LogP contribution in [-0.4, -0.2) is 111 Å². The summed E-state index contributed by atoms with van der Waals surface area (Å²) >= 11 is 0. The number of halogens is 1. The van der Waals surface area contributed by atoms with E-state index in [1.54, 1.807) is 16.8 Å². The van der Waals surface area contributed by atoms with Gasteiger partial charge >= 0.3 is 0 Å². The molecular weight excluding hydrogens is 527 g/mol. The number of nitrogens with one attached hydrogen (secondary N) is 2. The quantitative estimate of drug-likeness (QED) is 0.300. The van der Waals surface area contributed by atoms with Gasteiger partial charge in [-0.05, 0) is 38.2 Å². The van der Waals surface area contributed by atoms with Crippen LogP contribution in [0.3, 0.4) is 0 Å². The number of rotatable bonds is 9. The van der Waals surface area contributed by atoms with E-state index in [9.17, 15) is 9.59 Å². The Labute approximate surface area is 238 Å². The highest BCUT2D eigenvalue weighted by molar-refractivity contribution is 6.01. The first-order valence-corrected chi connectivity index (χ1v) is 14.4. The van der Waals surface area contributed by atoms with Crippen LogP contribution in [0.1, 0.15) is 16.8 Å². The number of hydrogen-bond acceptors (Lipinski definition) is 8. The number of pyridine rings is 1. The van der Waals surface area contributed by atoms with Crippen molar-refractivity contribution in [2.45, 2.75) is 6.42 Å². The van der Waals surface area contributed by atoms with Crippen LogP contribution in [-0.2, 0) is 4.74 Å². The van der Waals surface area contributed by atoms with Crippen molar-refractivity contribution in [3.63, 3.8) is 0 Å². The number of nitrogens with zero attached hydrogens (tertiary/aromatic N) is 4. The average molecular weight is 565 g/mol. The number of para-hydroxylation sites is 2. The monoisotopic (exact) mass is 564 g/mol. The number of morpholine rings is 1.